The highest BCUT2D eigenvalue weighted by Crippen LogP contribution is 2.19. The van der Waals surface area contributed by atoms with Gasteiger partial charge in [-0.05, 0) is 5.56 Å². The molecule has 5 heteroatoms. The molecule has 0 saturated carbocycles. The lowest BCUT2D eigenvalue weighted by atomic mass is 10.1. The summed E-state index contributed by atoms with van der Waals surface area (Å²) in [4.78, 5) is 9.25. The van der Waals surface area contributed by atoms with Crippen molar-refractivity contribution in [2.45, 2.75) is 5.38 Å². The predicted molar refractivity (Wildman–Crippen MR) is 93.1 cm³/mol. The minimum atomic E-state index is -0.981. The number of hydrogen-bond donors (Lipinski definition) is 1. The molecule has 0 amide bonds. The molecule has 0 aliphatic heterocycles. The van der Waals surface area contributed by atoms with Crippen molar-refractivity contribution >= 4 is 40.8 Å². The fourth-order valence-corrected chi connectivity index (χ4v) is 0.918. The maximum atomic E-state index is 9.25. The average molecular weight is 348 g/mol. The highest BCUT2D eigenvalue weighted by molar-refractivity contribution is 6.43. The molecule has 2 nitrogen and oxygen atoms in total. The molecule has 0 heterocycles. The van der Waals surface area contributed by atoms with E-state index < -0.39 is 5.97 Å². The number of allylic oxidation sites excluding steroid dienone is 3. The topological polar surface area (TPSA) is 37.3 Å². The highest BCUT2D eigenvalue weighted by Gasteiger charge is 1.98. The first kappa shape index (κ1) is 21.8. The summed E-state index contributed by atoms with van der Waals surface area (Å²) in [6.07, 6.45) is 2.55. The first-order chi connectivity index (χ1) is 9.76. The smallest absolute Gasteiger partial charge is 0.327 e. The van der Waals surface area contributed by atoms with E-state index in [0.29, 0.717) is 10.1 Å². The van der Waals surface area contributed by atoms with Crippen molar-refractivity contribution in [1.82, 2.24) is 0 Å². The lowest BCUT2D eigenvalue weighted by Gasteiger charge is -2.01. The number of benzene rings is 1. The predicted octanol–water partition coefficient (Wildman–Crippen LogP) is 5.90. The summed E-state index contributed by atoms with van der Waals surface area (Å²) in [7, 11) is 0. The maximum absolute atomic E-state index is 9.25. The van der Waals surface area contributed by atoms with Crippen LogP contribution in [0.5, 0.6) is 0 Å². The van der Waals surface area contributed by atoms with E-state index in [2.05, 4.69) is 26.3 Å². The molecule has 0 fully saturated rings. The van der Waals surface area contributed by atoms with E-state index in [4.69, 9.17) is 39.9 Å². The maximum Gasteiger partial charge on any atom is 0.327 e. The summed E-state index contributed by atoms with van der Waals surface area (Å²) < 4.78 is 0. The van der Waals surface area contributed by atoms with E-state index in [9.17, 15) is 4.79 Å². The zero-order valence-electron chi connectivity index (χ0n) is 11.4. The summed E-state index contributed by atoms with van der Waals surface area (Å²) in [5, 5.41) is 8.15. The summed E-state index contributed by atoms with van der Waals surface area (Å²) in [5.74, 6) is -0.981. The van der Waals surface area contributed by atoms with Gasteiger partial charge in [0.2, 0.25) is 0 Å². The van der Waals surface area contributed by atoms with E-state index in [-0.39, 0.29) is 5.38 Å². The van der Waals surface area contributed by atoms with Crippen LogP contribution >= 0.6 is 34.8 Å². The van der Waals surface area contributed by atoms with Crippen LogP contribution in [0.25, 0.3) is 0 Å². The summed E-state index contributed by atoms with van der Waals surface area (Å²) in [5.41, 5.74) is 1.10. The van der Waals surface area contributed by atoms with E-state index in [1.807, 2.05) is 30.3 Å². The van der Waals surface area contributed by atoms with Gasteiger partial charge in [-0.2, -0.15) is 0 Å². The van der Waals surface area contributed by atoms with E-state index in [0.717, 1.165) is 11.6 Å². The van der Waals surface area contributed by atoms with E-state index >= 15 is 0 Å². The van der Waals surface area contributed by atoms with Crippen molar-refractivity contribution in [2.24, 2.45) is 0 Å². The van der Waals surface area contributed by atoms with Crippen molar-refractivity contribution in [3.63, 3.8) is 0 Å². The lowest BCUT2D eigenvalue weighted by molar-refractivity contribution is -0.131. The average Bonchev–Trinajstić information content (AvgIpc) is 2.48. The Morgan fingerprint density at radius 2 is 1.48 bits per heavy atom. The van der Waals surface area contributed by atoms with Crippen LogP contribution in [-0.2, 0) is 4.79 Å². The van der Waals surface area contributed by atoms with Crippen molar-refractivity contribution in [3.05, 3.63) is 84.4 Å². The van der Waals surface area contributed by atoms with Gasteiger partial charge in [0.05, 0.1) is 15.4 Å². The lowest BCUT2D eigenvalue weighted by Crippen LogP contribution is -1.82. The molecule has 0 aliphatic carbocycles. The van der Waals surface area contributed by atoms with Crippen molar-refractivity contribution < 1.29 is 9.90 Å². The molecule has 114 valence electrons. The Hall–Kier alpha value is -1.48. The molecule has 1 rings (SSSR count). The summed E-state index contributed by atoms with van der Waals surface area (Å²) in [6.45, 7) is 13.1. The summed E-state index contributed by atoms with van der Waals surface area (Å²) >= 11 is 16.2. The molecule has 1 unspecified atom stereocenters. The minimum Gasteiger partial charge on any atom is -0.478 e. The van der Waals surface area contributed by atoms with Gasteiger partial charge in [0.25, 0.3) is 0 Å². The van der Waals surface area contributed by atoms with Crippen molar-refractivity contribution in [1.29, 1.82) is 0 Å². The third-order valence-corrected chi connectivity index (χ3v) is 2.78. The molecular weight excluding hydrogens is 331 g/mol. The van der Waals surface area contributed by atoms with Crippen LogP contribution in [-0.4, -0.2) is 11.1 Å². The monoisotopic (exact) mass is 346 g/mol. The molecule has 0 radical (unpaired) electrons. The Bertz CT molecular complexity index is 470. The van der Waals surface area contributed by atoms with Crippen LogP contribution in [0.3, 0.4) is 0 Å². The molecule has 0 spiro atoms. The van der Waals surface area contributed by atoms with Crippen LogP contribution in [0.1, 0.15) is 10.9 Å². The second-order valence-electron chi connectivity index (χ2n) is 3.40. The number of aliphatic carboxylic acids is 1. The molecule has 0 saturated heterocycles. The molecule has 1 N–H and O–H groups in total. The van der Waals surface area contributed by atoms with Crippen LogP contribution < -0.4 is 0 Å². The second kappa shape index (κ2) is 13.5. The Balaban J connectivity index is 0. The van der Waals surface area contributed by atoms with Gasteiger partial charge in [-0.15, -0.1) is 18.2 Å². The third-order valence-electron chi connectivity index (χ3n) is 1.79. The number of carboxylic acids is 1. The first-order valence-electron chi connectivity index (χ1n) is 5.62. The van der Waals surface area contributed by atoms with Gasteiger partial charge in [0, 0.05) is 6.08 Å². The standard InChI is InChI=1S/C9H9Cl.C4H4Cl2.C3H4O2/c1-2-9(10)8-6-4-3-5-7-8;1-3(5)4(2)6;1-2-3(4)5/h2-7,9H,1H2;1-2H2;2H,1H2,(H,4,5). The Morgan fingerprint density at radius 1 is 1.10 bits per heavy atom. The second-order valence-corrected chi connectivity index (χ2v) is 4.78. The van der Waals surface area contributed by atoms with Crippen LogP contribution in [0.15, 0.2) is 78.9 Å². The zero-order valence-corrected chi connectivity index (χ0v) is 13.7. The van der Waals surface area contributed by atoms with E-state index in [1.165, 1.54) is 0 Å². The largest absolute Gasteiger partial charge is 0.478 e. The van der Waals surface area contributed by atoms with Gasteiger partial charge >= 0.3 is 5.97 Å². The first-order valence-corrected chi connectivity index (χ1v) is 6.81. The molecule has 1 aromatic rings. The van der Waals surface area contributed by atoms with Gasteiger partial charge in [-0.3, -0.25) is 0 Å². The molecular formula is C16H17Cl3O2. The Kier molecular flexibility index (Phi) is 14.0. The molecule has 0 bridgehead atoms. The normalized spacial score (nSPS) is 9.67. The zero-order chi connectivity index (χ0) is 16.8. The molecule has 1 aromatic carbocycles. The number of alkyl halides is 1. The molecule has 1 atom stereocenters. The van der Waals surface area contributed by atoms with Gasteiger partial charge in [-0.25, -0.2) is 4.79 Å². The number of carboxylic acid groups (broad SMARTS) is 1. The van der Waals surface area contributed by atoms with Crippen LogP contribution in [0, 0.1) is 0 Å². The van der Waals surface area contributed by atoms with Crippen LogP contribution in [0.4, 0.5) is 0 Å². The molecule has 21 heavy (non-hydrogen) atoms. The quantitative estimate of drug-likeness (QED) is 0.318. The fraction of sp³-hybridized carbons (Fsp3) is 0.0625. The van der Waals surface area contributed by atoms with Gasteiger partial charge in [0.15, 0.2) is 0 Å². The van der Waals surface area contributed by atoms with E-state index in [1.54, 1.807) is 6.08 Å². The number of carbonyl (C=O) groups is 1. The van der Waals surface area contributed by atoms with Gasteiger partial charge in [-0.1, -0.05) is 79.3 Å². The highest BCUT2D eigenvalue weighted by atomic mass is 35.5. The number of hydrogen-bond acceptors (Lipinski definition) is 1. The molecule has 0 aliphatic rings. The third kappa shape index (κ3) is 14.7. The van der Waals surface area contributed by atoms with Crippen LogP contribution in [0.2, 0.25) is 0 Å². The SMILES string of the molecule is C=C(Cl)C(=C)Cl.C=CC(=O)O.C=CC(Cl)c1ccccc1. The van der Waals surface area contributed by atoms with Crippen molar-refractivity contribution in [2.75, 3.05) is 0 Å². The Morgan fingerprint density at radius 3 is 1.71 bits per heavy atom. The minimum absolute atomic E-state index is 0.0544. The Labute approximate surface area is 140 Å². The van der Waals surface area contributed by atoms with Gasteiger partial charge < -0.3 is 5.11 Å². The number of rotatable bonds is 4. The molecule has 0 aromatic heterocycles. The van der Waals surface area contributed by atoms with Gasteiger partial charge in [0.1, 0.15) is 0 Å². The summed E-state index contributed by atoms with van der Waals surface area (Å²) in [6, 6.07) is 9.87. The fourth-order valence-electron chi connectivity index (χ4n) is 0.773. The van der Waals surface area contributed by atoms with Crippen molar-refractivity contribution in [3.8, 4) is 0 Å². The number of halogens is 3.